The molecule has 0 atom stereocenters. The van der Waals surface area contributed by atoms with E-state index in [0.29, 0.717) is 18.7 Å². The maximum atomic E-state index is 12.5. The van der Waals surface area contributed by atoms with E-state index in [0.717, 1.165) is 47.0 Å². The third-order valence-corrected chi connectivity index (χ3v) is 5.38. The lowest BCUT2D eigenvalue weighted by Gasteiger charge is -2.29. The zero-order valence-electron chi connectivity index (χ0n) is 16.6. The van der Waals surface area contributed by atoms with Crippen molar-refractivity contribution in [2.24, 2.45) is 0 Å². The first-order chi connectivity index (χ1) is 14.2. The van der Waals surface area contributed by atoms with E-state index in [4.69, 9.17) is 0 Å². The van der Waals surface area contributed by atoms with Crippen molar-refractivity contribution in [3.63, 3.8) is 0 Å². The van der Waals surface area contributed by atoms with Gasteiger partial charge in [0.2, 0.25) is 5.91 Å². The number of nitrogens with zero attached hydrogens (tertiary/aromatic N) is 1. The van der Waals surface area contributed by atoms with E-state index in [9.17, 15) is 9.59 Å². The van der Waals surface area contributed by atoms with Gasteiger partial charge in [-0.15, -0.1) is 0 Å². The van der Waals surface area contributed by atoms with Gasteiger partial charge in [0.1, 0.15) is 0 Å². The van der Waals surface area contributed by atoms with E-state index in [2.05, 4.69) is 28.8 Å². The van der Waals surface area contributed by atoms with Crippen LogP contribution in [0.5, 0.6) is 0 Å². The highest BCUT2D eigenvalue weighted by Gasteiger charge is 2.21. The fourth-order valence-corrected chi connectivity index (χ4v) is 3.90. The lowest BCUT2D eigenvalue weighted by atomic mass is 10.0. The van der Waals surface area contributed by atoms with Gasteiger partial charge in [-0.1, -0.05) is 55.5 Å². The highest BCUT2D eigenvalue weighted by Crippen LogP contribution is 2.30. The van der Waals surface area contributed by atoms with Crippen molar-refractivity contribution in [2.45, 2.75) is 32.7 Å². The Morgan fingerprint density at radius 1 is 1.03 bits per heavy atom. The summed E-state index contributed by atoms with van der Waals surface area (Å²) in [6, 6.07) is 19.8. The van der Waals surface area contributed by atoms with Gasteiger partial charge in [0.25, 0.3) is 0 Å². The third kappa shape index (κ3) is 4.09. The third-order valence-electron chi connectivity index (χ3n) is 5.38. The average Bonchev–Trinajstić information content (AvgIpc) is 2.76. The fourth-order valence-electron chi connectivity index (χ4n) is 3.90. The lowest BCUT2D eigenvalue weighted by molar-refractivity contribution is -0.118. The molecule has 0 saturated heterocycles. The summed E-state index contributed by atoms with van der Waals surface area (Å²) >= 11 is 0. The molecule has 5 heteroatoms. The molecule has 0 aliphatic carbocycles. The van der Waals surface area contributed by atoms with Gasteiger partial charge >= 0.3 is 6.03 Å². The number of carbonyl (C=O) groups excluding carboxylic acids is 2. The van der Waals surface area contributed by atoms with Crippen molar-refractivity contribution in [3.8, 4) is 0 Å². The average molecular weight is 387 g/mol. The van der Waals surface area contributed by atoms with Crippen molar-refractivity contribution in [2.75, 3.05) is 16.8 Å². The molecule has 3 aromatic rings. The number of fused-ring (bicyclic) bond motifs is 2. The predicted molar refractivity (Wildman–Crippen MR) is 117 cm³/mol. The van der Waals surface area contributed by atoms with Crippen LogP contribution in [0.15, 0.2) is 60.7 Å². The summed E-state index contributed by atoms with van der Waals surface area (Å²) in [6.07, 6.45) is 2.40. The molecule has 1 aliphatic heterocycles. The first-order valence-corrected chi connectivity index (χ1v) is 10.1. The van der Waals surface area contributed by atoms with Gasteiger partial charge in [-0.05, 0) is 46.9 Å². The summed E-state index contributed by atoms with van der Waals surface area (Å²) in [6.45, 7) is 3.05. The maximum absolute atomic E-state index is 12.5. The number of hydrogen-bond donors (Lipinski definition) is 2. The molecule has 4 rings (SSSR count). The molecular formula is C24H25N3O2. The highest BCUT2D eigenvalue weighted by molar-refractivity contribution is 5.96. The molecule has 148 valence electrons. The van der Waals surface area contributed by atoms with Crippen LogP contribution in [0.25, 0.3) is 10.8 Å². The molecule has 0 saturated carbocycles. The Labute approximate surface area is 170 Å². The highest BCUT2D eigenvalue weighted by atomic mass is 16.2. The van der Waals surface area contributed by atoms with E-state index < -0.39 is 0 Å². The van der Waals surface area contributed by atoms with Crippen molar-refractivity contribution in [3.05, 3.63) is 71.8 Å². The van der Waals surface area contributed by atoms with Crippen LogP contribution in [-0.2, 0) is 17.8 Å². The number of rotatable bonds is 4. The molecule has 0 bridgehead atoms. The molecule has 0 fully saturated rings. The summed E-state index contributed by atoms with van der Waals surface area (Å²) in [7, 11) is 0. The zero-order chi connectivity index (χ0) is 20.2. The molecule has 3 amide bonds. The Morgan fingerprint density at radius 2 is 1.86 bits per heavy atom. The van der Waals surface area contributed by atoms with Gasteiger partial charge in [-0.2, -0.15) is 0 Å². The SMILES string of the molecule is CCC(=O)N1CCCc2ccc(NC(=O)NCc3cccc4ccccc34)cc21. The minimum absolute atomic E-state index is 0.114. The van der Waals surface area contributed by atoms with Crippen LogP contribution in [0.2, 0.25) is 0 Å². The van der Waals surface area contributed by atoms with Crippen LogP contribution in [0.1, 0.15) is 30.9 Å². The molecule has 1 aliphatic rings. The Bertz CT molecular complexity index is 1060. The lowest BCUT2D eigenvalue weighted by Crippen LogP contribution is -2.35. The molecule has 5 nitrogen and oxygen atoms in total. The number of aryl methyl sites for hydroxylation is 1. The maximum Gasteiger partial charge on any atom is 0.319 e. The summed E-state index contributed by atoms with van der Waals surface area (Å²) in [5.74, 6) is 0.114. The Kier molecular flexibility index (Phi) is 5.47. The number of amides is 3. The van der Waals surface area contributed by atoms with E-state index in [1.54, 1.807) is 0 Å². The van der Waals surface area contributed by atoms with E-state index in [1.165, 1.54) is 0 Å². The molecule has 0 aromatic heterocycles. The van der Waals surface area contributed by atoms with Gasteiger partial charge < -0.3 is 15.5 Å². The Balaban J connectivity index is 1.45. The minimum atomic E-state index is -0.262. The monoisotopic (exact) mass is 387 g/mol. The van der Waals surface area contributed by atoms with Crippen LogP contribution in [0, 0.1) is 0 Å². The smallest absolute Gasteiger partial charge is 0.319 e. The second-order valence-corrected chi connectivity index (χ2v) is 7.29. The van der Waals surface area contributed by atoms with Crippen LogP contribution >= 0.6 is 0 Å². The molecule has 3 aromatic carbocycles. The molecule has 0 spiro atoms. The minimum Gasteiger partial charge on any atom is -0.334 e. The molecule has 2 N–H and O–H groups in total. The Morgan fingerprint density at radius 3 is 2.72 bits per heavy atom. The number of benzene rings is 3. The van der Waals surface area contributed by atoms with Gasteiger partial charge in [0.15, 0.2) is 0 Å². The van der Waals surface area contributed by atoms with Crippen molar-refractivity contribution >= 4 is 34.1 Å². The quantitative estimate of drug-likeness (QED) is 0.672. The molecular weight excluding hydrogens is 362 g/mol. The predicted octanol–water partition coefficient (Wildman–Crippen LogP) is 4.85. The normalized spacial score (nSPS) is 13.1. The first kappa shape index (κ1) is 19.0. The standard InChI is InChI=1S/C24H25N3O2/c1-2-23(28)27-14-6-10-18-12-13-20(15-22(18)27)26-24(29)25-16-19-9-5-8-17-7-3-4-11-21(17)19/h3-5,7-9,11-13,15H,2,6,10,14,16H2,1H3,(H2,25,26,29). The molecule has 0 unspecified atom stereocenters. The second kappa shape index (κ2) is 8.35. The van der Waals surface area contributed by atoms with Crippen molar-refractivity contribution in [1.82, 2.24) is 5.32 Å². The van der Waals surface area contributed by atoms with E-state index in [-0.39, 0.29) is 11.9 Å². The number of urea groups is 1. The first-order valence-electron chi connectivity index (χ1n) is 10.1. The largest absolute Gasteiger partial charge is 0.334 e. The van der Waals surface area contributed by atoms with Crippen LogP contribution in [0.3, 0.4) is 0 Å². The molecule has 1 heterocycles. The fraction of sp³-hybridized carbons (Fsp3) is 0.250. The van der Waals surface area contributed by atoms with Crippen LogP contribution in [0.4, 0.5) is 16.2 Å². The molecule has 29 heavy (non-hydrogen) atoms. The summed E-state index contributed by atoms with van der Waals surface area (Å²) in [4.78, 5) is 26.5. The van der Waals surface area contributed by atoms with Crippen molar-refractivity contribution in [1.29, 1.82) is 0 Å². The van der Waals surface area contributed by atoms with Gasteiger partial charge in [0.05, 0.1) is 0 Å². The zero-order valence-corrected chi connectivity index (χ0v) is 16.6. The Hall–Kier alpha value is -3.34. The van der Waals surface area contributed by atoms with Gasteiger partial charge in [-0.25, -0.2) is 4.79 Å². The molecule has 0 radical (unpaired) electrons. The van der Waals surface area contributed by atoms with Crippen molar-refractivity contribution < 1.29 is 9.59 Å². The van der Waals surface area contributed by atoms with Gasteiger partial charge in [-0.3, -0.25) is 4.79 Å². The van der Waals surface area contributed by atoms with Crippen LogP contribution in [-0.4, -0.2) is 18.5 Å². The van der Waals surface area contributed by atoms with E-state index in [1.807, 2.05) is 54.3 Å². The topological polar surface area (TPSA) is 61.4 Å². The summed E-state index contributed by atoms with van der Waals surface area (Å²) < 4.78 is 0. The number of nitrogens with one attached hydrogen (secondary N) is 2. The number of hydrogen-bond acceptors (Lipinski definition) is 2. The summed E-state index contributed by atoms with van der Waals surface area (Å²) in [5.41, 5.74) is 3.83. The number of carbonyl (C=O) groups is 2. The number of anilines is 2. The van der Waals surface area contributed by atoms with E-state index >= 15 is 0 Å². The van der Waals surface area contributed by atoms with Gasteiger partial charge in [0, 0.05) is 30.9 Å². The second-order valence-electron chi connectivity index (χ2n) is 7.29. The van der Waals surface area contributed by atoms with Crippen LogP contribution < -0.4 is 15.5 Å². The summed E-state index contributed by atoms with van der Waals surface area (Å²) in [5, 5.41) is 8.13.